The van der Waals surface area contributed by atoms with Gasteiger partial charge in [0, 0.05) is 6.54 Å². The Hall–Kier alpha value is -1.14. The van der Waals surface area contributed by atoms with Gasteiger partial charge < -0.3 is 0 Å². The van der Waals surface area contributed by atoms with E-state index in [0.29, 0.717) is 18.7 Å². The van der Waals surface area contributed by atoms with Gasteiger partial charge in [-0.05, 0) is 29.4 Å². The van der Waals surface area contributed by atoms with E-state index in [4.69, 9.17) is 0 Å². The molecule has 1 aromatic rings. The van der Waals surface area contributed by atoms with Crippen molar-refractivity contribution in [1.82, 2.24) is 4.94 Å². The summed E-state index contributed by atoms with van der Waals surface area (Å²) in [7, 11) is -4.02. The molecule has 0 radical (unpaired) electrons. The van der Waals surface area contributed by atoms with Gasteiger partial charge in [-0.25, -0.2) is 0 Å². The van der Waals surface area contributed by atoms with E-state index in [1.165, 1.54) is 0 Å². The van der Waals surface area contributed by atoms with E-state index in [-0.39, 0.29) is 0 Å². The largest absolute Gasteiger partial charge is 0.327 e. The number of fused-ring (bicyclic) bond motifs is 1. The number of hydrogen-bond donors (Lipinski definition) is 1. The molecule has 0 spiro atoms. The van der Waals surface area contributed by atoms with Crippen LogP contribution in [0.2, 0.25) is 0 Å². The molecule has 82 valence electrons. The van der Waals surface area contributed by atoms with Gasteiger partial charge in [0.15, 0.2) is 0 Å². The third kappa shape index (κ3) is 1.59. The molecule has 0 saturated carbocycles. The summed E-state index contributed by atoms with van der Waals surface area (Å²) >= 11 is 0. The van der Waals surface area contributed by atoms with Crippen LogP contribution >= 0.6 is 0 Å². The molecule has 6 heteroatoms. The molecule has 1 N–H and O–H groups in total. The van der Waals surface area contributed by atoms with Gasteiger partial charge in [0.25, 0.3) is 0 Å². The Morgan fingerprint density at radius 2 is 2.20 bits per heavy atom. The highest BCUT2D eigenvalue weighted by Crippen LogP contribution is 2.32. The van der Waals surface area contributed by atoms with Crippen molar-refractivity contribution in [3.8, 4) is 0 Å². The number of halogens is 1. The molecule has 15 heavy (non-hydrogen) atoms. The second-order valence-corrected chi connectivity index (χ2v) is 5.03. The van der Waals surface area contributed by atoms with Crippen molar-refractivity contribution in [3.05, 3.63) is 29.3 Å². The predicted octanol–water partition coefficient (Wildman–Crippen LogP) is 1.08. The minimum Gasteiger partial charge on any atom is -0.255 e. The maximum absolute atomic E-state index is 12.2. The molecule has 1 heterocycles. The van der Waals surface area contributed by atoms with Crippen molar-refractivity contribution in [1.29, 1.82) is 0 Å². The van der Waals surface area contributed by atoms with Crippen LogP contribution in [0.5, 0.6) is 0 Å². The van der Waals surface area contributed by atoms with Crippen LogP contribution in [0.15, 0.2) is 18.2 Å². The number of nitrogens with one attached hydrogen (secondary N) is 1. The number of nitrogens with zero attached hydrogens (tertiary/aromatic N) is 1. The number of hydrogen-bond acceptors (Lipinski definition) is 2. The Kier molecular flexibility index (Phi) is 2.40. The molecule has 1 aliphatic rings. The van der Waals surface area contributed by atoms with Gasteiger partial charge in [0.05, 0.1) is 5.69 Å². The molecular formula is C9H11FN2O2S. The van der Waals surface area contributed by atoms with Crippen molar-refractivity contribution < 1.29 is 12.9 Å². The Labute approximate surface area is 87.8 Å². The van der Waals surface area contributed by atoms with Crippen LogP contribution in [0.1, 0.15) is 11.1 Å². The van der Waals surface area contributed by atoms with E-state index in [0.717, 1.165) is 20.4 Å². The van der Waals surface area contributed by atoms with Crippen molar-refractivity contribution >= 4 is 15.9 Å². The van der Waals surface area contributed by atoms with Crippen LogP contribution < -0.4 is 9.25 Å². The average molecular weight is 230 g/mol. The standard InChI is InChI=1S/C9H11FN2O2S/c1-7-3-2-4-8-5-6-12(9(7)8)15(13,14)11-10/h2-4,11H,5-6H2,1H3. The monoisotopic (exact) mass is 230 g/mol. The first-order valence-corrected chi connectivity index (χ1v) is 5.99. The molecule has 0 aromatic heterocycles. The molecule has 4 nitrogen and oxygen atoms in total. The molecule has 0 unspecified atom stereocenters. The van der Waals surface area contributed by atoms with Crippen molar-refractivity contribution in [2.24, 2.45) is 0 Å². The summed E-state index contributed by atoms with van der Waals surface area (Å²) in [6.07, 6.45) is 0.623. The normalized spacial score (nSPS) is 15.5. The lowest BCUT2D eigenvalue weighted by Gasteiger charge is -2.18. The second kappa shape index (κ2) is 3.46. The van der Waals surface area contributed by atoms with Crippen LogP contribution in [0.4, 0.5) is 10.2 Å². The molecule has 0 amide bonds. The van der Waals surface area contributed by atoms with Gasteiger partial charge in [0.2, 0.25) is 0 Å². The van der Waals surface area contributed by atoms with Gasteiger partial charge in [-0.15, -0.1) is 4.48 Å². The number of rotatable bonds is 2. The quantitative estimate of drug-likeness (QED) is 0.773. The summed E-state index contributed by atoms with van der Waals surface area (Å²) in [6, 6.07) is 5.54. The fourth-order valence-corrected chi connectivity index (χ4v) is 2.81. The fraction of sp³-hybridized carbons (Fsp3) is 0.333. The predicted molar refractivity (Wildman–Crippen MR) is 55.4 cm³/mol. The first kappa shape index (κ1) is 10.4. The highest BCUT2D eigenvalue weighted by atomic mass is 32.2. The van der Waals surface area contributed by atoms with Crippen LogP contribution in [0.3, 0.4) is 0 Å². The van der Waals surface area contributed by atoms with Gasteiger partial charge in [-0.2, -0.15) is 8.42 Å². The minimum atomic E-state index is -4.02. The molecule has 0 saturated heterocycles. The van der Waals surface area contributed by atoms with E-state index in [2.05, 4.69) is 0 Å². The van der Waals surface area contributed by atoms with E-state index in [9.17, 15) is 12.9 Å². The lowest BCUT2D eigenvalue weighted by Crippen LogP contribution is -2.36. The first-order valence-electron chi connectivity index (χ1n) is 4.55. The van der Waals surface area contributed by atoms with Gasteiger partial charge >= 0.3 is 10.2 Å². The molecule has 0 fully saturated rings. The second-order valence-electron chi connectivity index (χ2n) is 3.49. The van der Waals surface area contributed by atoms with E-state index in [1.807, 2.05) is 25.1 Å². The van der Waals surface area contributed by atoms with E-state index < -0.39 is 10.2 Å². The summed E-state index contributed by atoms with van der Waals surface area (Å²) in [5.41, 5.74) is 2.38. The zero-order valence-corrected chi connectivity index (χ0v) is 9.01. The Morgan fingerprint density at radius 1 is 1.47 bits per heavy atom. The van der Waals surface area contributed by atoms with Crippen LogP contribution in [-0.4, -0.2) is 15.0 Å². The first-order chi connectivity index (χ1) is 7.06. The molecule has 1 aliphatic heterocycles. The van der Waals surface area contributed by atoms with Gasteiger partial charge in [0.1, 0.15) is 0 Å². The van der Waals surface area contributed by atoms with Crippen LogP contribution in [0.25, 0.3) is 0 Å². The molecular weight excluding hydrogens is 219 g/mol. The van der Waals surface area contributed by atoms with Crippen molar-refractivity contribution in [2.45, 2.75) is 13.3 Å². The number of anilines is 1. The zero-order chi connectivity index (χ0) is 11.1. The van der Waals surface area contributed by atoms with Gasteiger partial charge in [-0.3, -0.25) is 4.31 Å². The number of benzene rings is 1. The van der Waals surface area contributed by atoms with Gasteiger partial charge in [-0.1, -0.05) is 18.2 Å². The maximum atomic E-state index is 12.2. The highest BCUT2D eigenvalue weighted by molar-refractivity contribution is 7.90. The summed E-state index contributed by atoms with van der Waals surface area (Å²) in [5, 5.41) is 0. The van der Waals surface area contributed by atoms with Crippen molar-refractivity contribution in [3.63, 3.8) is 0 Å². The number of para-hydroxylation sites is 1. The lowest BCUT2D eigenvalue weighted by molar-refractivity contribution is 0.424. The molecule has 1 aromatic carbocycles. The Bertz CT molecular complexity index is 487. The number of aryl methyl sites for hydroxylation is 1. The molecule has 0 aliphatic carbocycles. The van der Waals surface area contributed by atoms with Crippen molar-refractivity contribution in [2.75, 3.05) is 10.8 Å². The SMILES string of the molecule is Cc1cccc2c1N(S(=O)(=O)NF)CC2. The summed E-state index contributed by atoms with van der Waals surface area (Å²) in [6.45, 7) is 2.10. The lowest BCUT2D eigenvalue weighted by atomic mass is 10.1. The molecule has 2 rings (SSSR count). The summed E-state index contributed by atoms with van der Waals surface area (Å²) in [5.74, 6) is 0. The Morgan fingerprint density at radius 3 is 2.87 bits per heavy atom. The fourth-order valence-electron chi connectivity index (χ4n) is 1.89. The van der Waals surface area contributed by atoms with Crippen LogP contribution in [-0.2, 0) is 16.6 Å². The summed E-state index contributed by atoms with van der Waals surface area (Å²) < 4.78 is 35.9. The third-order valence-electron chi connectivity index (χ3n) is 2.54. The van der Waals surface area contributed by atoms with E-state index >= 15 is 0 Å². The molecule has 0 atom stereocenters. The van der Waals surface area contributed by atoms with E-state index in [1.54, 1.807) is 0 Å². The van der Waals surface area contributed by atoms with Crippen LogP contribution in [0, 0.1) is 6.92 Å². The Balaban J connectivity index is 2.54. The third-order valence-corrected chi connectivity index (χ3v) is 3.68. The smallest absolute Gasteiger partial charge is 0.255 e. The summed E-state index contributed by atoms with van der Waals surface area (Å²) in [4.78, 5) is 0.850. The topological polar surface area (TPSA) is 49.4 Å². The highest BCUT2D eigenvalue weighted by Gasteiger charge is 2.30. The zero-order valence-electron chi connectivity index (χ0n) is 8.20. The maximum Gasteiger partial charge on any atom is 0.327 e. The average Bonchev–Trinajstić information content (AvgIpc) is 2.63. The molecule has 0 bridgehead atoms. The minimum absolute atomic E-state index is 0.291.